The molecule has 0 unspecified atom stereocenters. The van der Waals surface area contributed by atoms with Gasteiger partial charge in [0.1, 0.15) is 7.11 Å². The van der Waals surface area contributed by atoms with Gasteiger partial charge in [0.25, 0.3) is 0 Å². The number of nitrogens with zero attached hydrogens (tertiary/aromatic N) is 1. The van der Waals surface area contributed by atoms with Crippen LogP contribution in [0.1, 0.15) is 20.3 Å². The van der Waals surface area contributed by atoms with Crippen LogP contribution in [0.15, 0.2) is 24.4 Å². The molecule has 0 aliphatic carbocycles. The van der Waals surface area contributed by atoms with Crippen LogP contribution in [0, 0.1) is 0 Å². The molecule has 0 aromatic rings. The van der Waals surface area contributed by atoms with Gasteiger partial charge in [-0.05, 0) is 18.9 Å². The van der Waals surface area contributed by atoms with Gasteiger partial charge in [-0.25, -0.2) is 0 Å². The first-order valence-electron chi connectivity index (χ1n) is 4.44. The fraction of sp³-hybridized carbons (Fsp3) is 0.500. The van der Waals surface area contributed by atoms with Crippen LogP contribution < -0.4 is 0 Å². The zero-order valence-corrected chi connectivity index (χ0v) is 9.06. The van der Waals surface area contributed by atoms with Crippen molar-refractivity contribution in [1.29, 1.82) is 0 Å². The van der Waals surface area contributed by atoms with E-state index in [1.54, 1.807) is 6.92 Å². The Labute approximate surface area is 87.3 Å². The van der Waals surface area contributed by atoms with E-state index in [1.165, 1.54) is 13.3 Å². The van der Waals surface area contributed by atoms with Gasteiger partial charge in [-0.3, -0.25) is 4.84 Å². The van der Waals surface area contributed by atoms with E-state index >= 15 is 0 Å². The van der Waals surface area contributed by atoms with Crippen molar-refractivity contribution in [3.05, 3.63) is 24.4 Å². The molecule has 0 bridgehead atoms. The van der Waals surface area contributed by atoms with Gasteiger partial charge in [0.05, 0.1) is 0 Å². The molecule has 0 fully saturated rings. The largest absolute Gasteiger partial charge is 0.482 e. The SMILES string of the molecule is C=CC(=[N+](C=C(C)CC)OC)C(F)(F)F. The van der Waals surface area contributed by atoms with E-state index in [0.717, 1.165) is 11.6 Å². The highest BCUT2D eigenvalue weighted by molar-refractivity contribution is 5.94. The highest BCUT2D eigenvalue weighted by Gasteiger charge is 2.43. The molecule has 0 heterocycles. The Morgan fingerprint density at radius 2 is 2.00 bits per heavy atom. The van der Waals surface area contributed by atoms with Crippen molar-refractivity contribution < 1.29 is 22.7 Å². The molecule has 0 amide bonds. The van der Waals surface area contributed by atoms with Gasteiger partial charge < -0.3 is 0 Å². The summed E-state index contributed by atoms with van der Waals surface area (Å²) in [4.78, 5) is 4.63. The number of hydroxylamine groups is 1. The second-order valence-electron chi connectivity index (χ2n) is 2.92. The molecule has 5 heteroatoms. The lowest BCUT2D eigenvalue weighted by Crippen LogP contribution is -2.29. The fourth-order valence-corrected chi connectivity index (χ4v) is 0.843. The average Bonchev–Trinajstić information content (AvgIpc) is 2.14. The minimum atomic E-state index is -4.47. The second kappa shape index (κ2) is 5.58. The Kier molecular flexibility index (Phi) is 5.11. The minimum Gasteiger partial charge on any atom is -0.274 e. The third-order valence-electron chi connectivity index (χ3n) is 1.81. The molecule has 0 saturated heterocycles. The Hall–Kier alpha value is -1.26. The molecular weight excluding hydrogens is 207 g/mol. The zero-order valence-electron chi connectivity index (χ0n) is 9.06. The summed E-state index contributed by atoms with van der Waals surface area (Å²) in [6.45, 7) is 6.69. The molecule has 0 atom stereocenters. The van der Waals surface area contributed by atoms with E-state index in [2.05, 4.69) is 11.4 Å². The fourth-order valence-electron chi connectivity index (χ4n) is 0.843. The molecule has 0 aliphatic heterocycles. The molecule has 0 aromatic carbocycles. The maximum Gasteiger partial charge on any atom is 0.482 e. The predicted molar refractivity (Wildman–Crippen MR) is 52.6 cm³/mol. The van der Waals surface area contributed by atoms with Crippen LogP contribution in [0.4, 0.5) is 13.2 Å². The third kappa shape index (κ3) is 4.18. The smallest absolute Gasteiger partial charge is 0.274 e. The first-order chi connectivity index (χ1) is 6.86. The second-order valence-corrected chi connectivity index (χ2v) is 2.92. The van der Waals surface area contributed by atoms with Crippen LogP contribution in [0.25, 0.3) is 0 Å². The van der Waals surface area contributed by atoms with E-state index in [4.69, 9.17) is 0 Å². The molecule has 0 N–H and O–H groups in total. The van der Waals surface area contributed by atoms with E-state index in [9.17, 15) is 13.2 Å². The summed E-state index contributed by atoms with van der Waals surface area (Å²) in [6.07, 6.45) is -1.79. The number of hydrogen-bond acceptors (Lipinski definition) is 1. The van der Waals surface area contributed by atoms with Crippen molar-refractivity contribution in [2.75, 3.05) is 7.11 Å². The summed E-state index contributed by atoms with van der Waals surface area (Å²) in [5, 5.41) is 0. The molecule has 0 radical (unpaired) electrons. The molecule has 0 aromatic heterocycles. The Morgan fingerprint density at radius 3 is 2.27 bits per heavy atom. The standard InChI is InChI=1S/C10H15F3NO/c1-5-8(3)7-14(15-4)9(6-2)10(11,12)13/h6-7H,2,5H2,1,3-4H3/q+1. The monoisotopic (exact) mass is 222 g/mol. The van der Waals surface area contributed by atoms with Gasteiger partial charge in [-0.2, -0.15) is 13.2 Å². The Morgan fingerprint density at radius 1 is 1.47 bits per heavy atom. The zero-order chi connectivity index (χ0) is 12.1. The minimum absolute atomic E-state index is 0.655. The third-order valence-corrected chi connectivity index (χ3v) is 1.81. The van der Waals surface area contributed by atoms with Gasteiger partial charge in [-0.15, -0.1) is 0 Å². The molecular formula is C10H15F3NO+. The Bertz CT molecular complexity index is 290. The van der Waals surface area contributed by atoms with Crippen LogP contribution in [-0.2, 0) is 4.84 Å². The summed E-state index contributed by atoms with van der Waals surface area (Å²) in [5.41, 5.74) is -0.154. The maximum atomic E-state index is 12.5. The lowest BCUT2D eigenvalue weighted by molar-refractivity contribution is -0.735. The molecule has 0 spiro atoms. The summed E-state index contributed by atoms with van der Waals surface area (Å²) < 4.78 is 38.0. The summed E-state index contributed by atoms with van der Waals surface area (Å²) >= 11 is 0. The van der Waals surface area contributed by atoms with Crippen LogP contribution in [-0.4, -0.2) is 23.7 Å². The van der Waals surface area contributed by atoms with Crippen molar-refractivity contribution in [2.45, 2.75) is 26.4 Å². The van der Waals surface area contributed by atoms with Gasteiger partial charge in [0.2, 0.25) is 6.20 Å². The van der Waals surface area contributed by atoms with Gasteiger partial charge in [-0.1, -0.05) is 13.5 Å². The molecule has 0 saturated carbocycles. The predicted octanol–water partition coefficient (Wildman–Crippen LogP) is 3.06. The van der Waals surface area contributed by atoms with Crippen LogP contribution in [0.5, 0.6) is 0 Å². The topological polar surface area (TPSA) is 12.2 Å². The van der Waals surface area contributed by atoms with Gasteiger partial charge >= 0.3 is 11.9 Å². The lowest BCUT2D eigenvalue weighted by Gasteiger charge is -2.03. The first kappa shape index (κ1) is 13.7. The lowest BCUT2D eigenvalue weighted by atomic mass is 10.2. The highest BCUT2D eigenvalue weighted by atomic mass is 19.4. The van der Waals surface area contributed by atoms with Crippen LogP contribution in [0.3, 0.4) is 0 Å². The number of hydrogen-bond donors (Lipinski definition) is 0. The normalized spacial score (nSPS) is 14.7. The van der Waals surface area contributed by atoms with Crippen LogP contribution >= 0.6 is 0 Å². The van der Waals surface area contributed by atoms with Crippen molar-refractivity contribution >= 4 is 5.71 Å². The number of allylic oxidation sites excluding steroid dienone is 2. The van der Waals surface area contributed by atoms with E-state index in [1.807, 2.05) is 6.92 Å². The van der Waals surface area contributed by atoms with Crippen LogP contribution in [0.2, 0.25) is 0 Å². The summed E-state index contributed by atoms with van der Waals surface area (Å²) in [6, 6.07) is 0. The van der Waals surface area contributed by atoms with E-state index in [-0.39, 0.29) is 0 Å². The summed E-state index contributed by atoms with van der Waals surface area (Å²) in [5.74, 6) is 0. The van der Waals surface area contributed by atoms with Gasteiger partial charge in [0.15, 0.2) is 0 Å². The van der Waals surface area contributed by atoms with E-state index in [0.29, 0.717) is 11.2 Å². The molecule has 86 valence electrons. The molecule has 2 nitrogen and oxygen atoms in total. The average molecular weight is 222 g/mol. The Balaban J connectivity index is 5.37. The molecule has 0 rings (SSSR count). The number of rotatable bonds is 4. The quantitative estimate of drug-likeness (QED) is 0.404. The van der Waals surface area contributed by atoms with Crippen molar-refractivity contribution in [3.63, 3.8) is 0 Å². The van der Waals surface area contributed by atoms with Crippen molar-refractivity contribution in [3.8, 4) is 0 Å². The van der Waals surface area contributed by atoms with Crippen molar-refractivity contribution in [1.82, 2.24) is 0 Å². The van der Waals surface area contributed by atoms with E-state index < -0.39 is 11.9 Å². The first-order valence-corrected chi connectivity index (χ1v) is 4.44. The maximum absolute atomic E-state index is 12.5. The highest BCUT2D eigenvalue weighted by Crippen LogP contribution is 2.18. The molecule has 15 heavy (non-hydrogen) atoms. The summed E-state index contributed by atoms with van der Waals surface area (Å²) in [7, 11) is 1.18. The molecule has 0 aliphatic rings. The number of alkyl halides is 3. The van der Waals surface area contributed by atoms with Crippen molar-refractivity contribution in [2.24, 2.45) is 0 Å². The number of halogens is 3. The van der Waals surface area contributed by atoms with Gasteiger partial charge in [0, 0.05) is 10.8 Å².